The van der Waals surface area contributed by atoms with Gasteiger partial charge in [0, 0.05) is 20.5 Å². The van der Waals surface area contributed by atoms with Crippen LogP contribution in [-0.2, 0) is 4.79 Å². The van der Waals surface area contributed by atoms with Gasteiger partial charge in [-0.25, -0.2) is 0 Å². The van der Waals surface area contributed by atoms with Gasteiger partial charge in [-0.15, -0.1) is 0 Å². The van der Waals surface area contributed by atoms with Gasteiger partial charge in [0.2, 0.25) is 5.91 Å². The van der Waals surface area contributed by atoms with Crippen LogP contribution in [0.25, 0.3) is 0 Å². The molecule has 0 radical (unpaired) electrons. The van der Waals surface area contributed by atoms with Crippen LogP contribution in [0.4, 0.5) is 0 Å². The molecule has 0 fully saturated rings. The summed E-state index contributed by atoms with van der Waals surface area (Å²) in [7, 11) is 3.61. The molecule has 0 aliphatic carbocycles. The quantitative estimate of drug-likeness (QED) is 0.626. The smallest absolute Gasteiger partial charge is 0.222 e. The summed E-state index contributed by atoms with van der Waals surface area (Å²) in [6.45, 7) is 6.51. The van der Waals surface area contributed by atoms with Gasteiger partial charge in [0.25, 0.3) is 0 Å². The highest BCUT2D eigenvalue weighted by Gasteiger charge is 2.03. The molecule has 0 saturated carbocycles. The van der Waals surface area contributed by atoms with Gasteiger partial charge in [0.05, 0.1) is 0 Å². The predicted octanol–water partition coefficient (Wildman–Crippen LogP) is 1.88. The van der Waals surface area contributed by atoms with E-state index in [1.54, 1.807) is 19.0 Å². The minimum absolute atomic E-state index is 0.221. The Morgan fingerprint density at radius 3 is 2.60 bits per heavy atom. The van der Waals surface area contributed by atoms with Crippen molar-refractivity contribution in [2.45, 2.75) is 39.5 Å². The number of nitrogens with zero attached hydrogens (tertiary/aromatic N) is 1. The molecule has 3 heteroatoms. The van der Waals surface area contributed by atoms with Gasteiger partial charge >= 0.3 is 0 Å². The van der Waals surface area contributed by atoms with Crippen molar-refractivity contribution in [1.29, 1.82) is 0 Å². The maximum Gasteiger partial charge on any atom is 0.222 e. The first-order chi connectivity index (χ1) is 7.07. The van der Waals surface area contributed by atoms with E-state index in [2.05, 4.69) is 19.2 Å². The number of nitrogens with one attached hydrogen (secondary N) is 1. The zero-order valence-electron chi connectivity index (χ0n) is 10.7. The lowest BCUT2D eigenvalue weighted by atomic mass is 10.1. The Hall–Kier alpha value is -0.570. The van der Waals surface area contributed by atoms with E-state index in [0.29, 0.717) is 6.42 Å². The summed E-state index contributed by atoms with van der Waals surface area (Å²) in [5, 5.41) is 3.39. The molecule has 0 rings (SSSR count). The maximum atomic E-state index is 11.2. The minimum Gasteiger partial charge on any atom is -0.349 e. The van der Waals surface area contributed by atoms with Gasteiger partial charge in [-0.3, -0.25) is 4.79 Å². The van der Waals surface area contributed by atoms with Crippen LogP contribution < -0.4 is 5.32 Å². The molecule has 1 N–H and O–H groups in total. The van der Waals surface area contributed by atoms with Gasteiger partial charge < -0.3 is 10.2 Å². The molecule has 1 amide bonds. The van der Waals surface area contributed by atoms with E-state index in [1.807, 2.05) is 0 Å². The van der Waals surface area contributed by atoms with Crippen molar-refractivity contribution in [1.82, 2.24) is 10.2 Å². The topological polar surface area (TPSA) is 32.3 Å². The third-order valence-electron chi connectivity index (χ3n) is 2.52. The summed E-state index contributed by atoms with van der Waals surface area (Å²) in [6.07, 6.45) is 4.13. The number of carbonyl (C=O) groups is 1. The molecule has 3 nitrogen and oxygen atoms in total. The molecule has 0 heterocycles. The molecule has 0 saturated heterocycles. The lowest BCUT2D eigenvalue weighted by Gasteiger charge is -2.12. The average molecular weight is 214 g/mol. The van der Waals surface area contributed by atoms with E-state index in [0.717, 1.165) is 25.4 Å². The van der Waals surface area contributed by atoms with Gasteiger partial charge in [0.1, 0.15) is 0 Å². The van der Waals surface area contributed by atoms with Crippen LogP contribution in [-0.4, -0.2) is 38.0 Å². The fourth-order valence-electron chi connectivity index (χ4n) is 1.53. The maximum absolute atomic E-state index is 11.2. The second kappa shape index (κ2) is 8.72. The second-order valence-electron chi connectivity index (χ2n) is 4.49. The first-order valence-corrected chi connectivity index (χ1v) is 5.98. The number of amides is 1. The normalized spacial score (nSPS) is 12.5. The Kier molecular flexibility index (Phi) is 8.38. The summed E-state index contributed by atoms with van der Waals surface area (Å²) in [5.74, 6) is 0.970. The SMILES string of the molecule is CCCC(C)CNCCCC(=O)N(C)C. The van der Waals surface area contributed by atoms with Crippen LogP contribution in [0.5, 0.6) is 0 Å². The number of hydrogen-bond donors (Lipinski definition) is 1. The fraction of sp³-hybridized carbons (Fsp3) is 0.917. The molecule has 15 heavy (non-hydrogen) atoms. The lowest BCUT2D eigenvalue weighted by Crippen LogP contribution is -2.25. The Bertz CT molecular complexity index is 169. The Morgan fingerprint density at radius 2 is 2.07 bits per heavy atom. The first kappa shape index (κ1) is 14.4. The zero-order chi connectivity index (χ0) is 11.7. The standard InChI is InChI=1S/C12H26N2O/c1-5-7-11(2)10-13-9-6-8-12(15)14(3)4/h11,13H,5-10H2,1-4H3. The van der Waals surface area contributed by atoms with Crippen molar-refractivity contribution in [3.8, 4) is 0 Å². The lowest BCUT2D eigenvalue weighted by molar-refractivity contribution is -0.128. The van der Waals surface area contributed by atoms with E-state index in [-0.39, 0.29) is 5.91 Å². The molecule has 0 aromatic rings. The molecule has 0 bridgehead atoms. The van der Waals surface area contributed by atoms with Crippen LogP contribution >= 0.6 is 0 Å². The van der Waals surface area contributed by atoms with Gasteiger partial charge in [-0.2, -0.15) is 0 Å². The Labute approximate surface area is 94.2 Å². The van der Waals surface area contributed by atoms with E-state index in [1.165, 1.54) is 12.8 Å². The van der Waals surface area contributed by atoms with Crippen molar-refractivity contribution in [2.24, 2.45) is 5.92 Å². The molecule has 0 aromatic heterocycles. The van der Waals surface area contributed by atoms with Crippen LogP contribution in [0.15, 0.2) is 0 Å². The zero-order valence-corrected chi connectivity index (χ0v) is 10.7. The van der Waals surface area contributed by atoms with Crippen molar-refractivity contribution in [2.75, 3.05) is 27.2 Å². The highest BCUT2D eigenvalue weighted by molar-refractivity contribution is 5.75. The van der Waals surface area contributed by atoms with E-state index in [4.69, 9.17) is 0 Å². The molecule has 1 atom stereocenters. The molecular formula is C12H26N2O. The molecule has 0 aliphatic heterocycles. The number of hydrogen-bond acceptors (Lipinski definition) is 2. The minimum atomic E-state index is 0.221. The third kappa shape index (κ3) is 8.43. The Morgan fingerprint density at radius 1 is 1.40 bits per heavy atom. The second-order valence-corrected chi connectivity index (χ2v) is 4.49. The first-order valence-electron chi connectivity index (χ1n) is 5.98. The van der Waals surface area contributed by atoms with Crippen molar-refractivity contribution in [3.05, 3.63) is 0 Å². The van der Waals surface area contributed by atoms with Gasteiger partial charge in [0.15, 0.2) is 0 Å². The number of rotatable bonds is 8. The summed E-state index contributed by atoms with van der Waals surface area (Å²) in [5.41, 5.74) is 0. The summed E-state index contributed by atoms with van der Waals surface area (Å²) < 4.78 is 0. The molecular weight excluding hydrogens is 188 g/mol. The van der Waals surface area contributed by atoms with Crippen molar-refractivity contribution < 1.29 is 4.79 Å². The summed E-state index contributed by atoms with van der Waals surface area (Å²) in [4.78, 5) is 12.9. The monoisotopic (exact) mass is 214 g/mol. The van der Waals surface area contributed by atoms with Gasteiger partial charge in [-0.05, 0) is 31.8 Å². The largest absolute Gasteiger partial charge is 0.349 e. The van der Waals surface area contributed by atoms with Crippen LogP contribution in [0.1, 0.15) is 39.5 Å². The highest BCUT2D eigenvalue weighted by Crippen LogP contribution is 2.02. The van der Waals surface area contributed by atoms with E-state index < -0.39 is 0 Å². The molecule has 90 valence electrons. The van der Waals surface area contributed by atoms with Gasteiger partial charge in [-0.1, -0.05) is 20.3 Å². The summed E-state index contributed by atoms with van der Waals surface area (Å²) in [6, 6.07) is 0. The molecule has 0 spiro atoms. The third-order valence-corrected chi connectivity index (χ3v) is 2.52. The van der Waals surface area contributed by atoms with Crippen molar-refractivity contribution >= 4 is 5.91 Å². The Balaban J connectivity index is 3.28. The van der Waals surface area contributed by atoms with E-state index in [9.17, 15) is 4.79 Å². The van der Waals surface area contributed by atoms with Crippen LogP contribution in [0, 0.1) is 5.92 Å². The van der Waals surface area contributed by atoms with Crippen LogP contribution in [0.3, 0.4) is 0 Å². The van der Waals surface area contributed by atoms with Crippen LogP contribution in [0.2, 0.25) is 0 Å². The highest BCUT2D eigenvalue weighted by atomic mass is 16.2. The van der Waals surface area contributed by atoms with Crippen molar-refractivity contribution in [3.63, 3.8) is 0 Å². The molecule has 0 aromatic carbocycles. The number of carbonyl (C=O) groups excluding carboxylic acids is 1. The molecule has 1 unspecified atom stereocenters. The molecule has 0 aliphatic rings. The summed E-state index contributed by atoms with van der Waals surface area (Å²) >= 11 is 0. The fourth-order valence-corrected chi connectivity index (χ4v) is 1.53. The predicted molar refractivity (Wildman–Crippen MR) is 64.9 cm³/mol. The van der Waals surface area contributed by atoms with E-state index >= 15 is 0 Å². The average Bonchev–Trinajstić information content (AvgIpc) is 2.17.